The van der Waals surface area contributed by atoms with Gasteiger partial charge in [0.2, 0.25) is 0 Å². The summed E-state index contributed by atoms with van der Waals surface area (Å²) in [5.74, 6) is 0. The molecule has 0 aromatic carbocycles. The molecule has 0 aliphatic carbocycles. The first kappa shape index (κ1) is 16.1. The first-order chi connectivity index (χ1) is 8.29. The molecule has 0 aliphatic heterocycles. The molecule has 0 bridgehead atoms. The van der Waals surface area contributed by atoms with Crippen molar-refractivity contribution < 1.29 is 13.2 Å². The highest BCUT2D eigenvalue weighted by molar-refractivity contribution is 7.20. The Morgan fingerprint density at radius 2 is 2.00 bits per heavy atom. The fourth-order valence-electron chi connectivity index (χ4n) is 1.53. The molecular weight excluding hydrogens is 306 g/mol. The second kappa shape index (κ2) is 6.98. The van der Waals surface area contributed by atoms with E-state index in [0.29, 0.717) is 21.6 Å². The molecule has 0 radical (unpaired) electrons. The molecule has 104 valence electrons. The first-order valence-electron chi connectivity index (χ1n) is 5.54. The lowest BCUT2D eigenvalue weighted by Gasteiger charge is -2.13. The van der Waals surface area contributed by atoms with Crippen LogP contribution in [0.2, 0.25) is 8.67 Å². The monoisotopic (exact) mass is 319 g/mol. The molecule has 1 unspecified atom stereocenters. The Labute approximate surface area is 118 Å². The molecule has 1 nitrogen and oxygen atoms in total. The molecule has 0 fully saturated rings. The highest BCUT2D eigenvalue weighted by Gasteiger charge is 2.25. The Morgan fingerprint density at radius 1 is 1.33 bits per heavy atom. The van der Waals surface area contributed by atoms with Crippen LogP contribution in [-0.4, -0.2) is 12.7 Å². The lowest BCUT2D eigenvalue weighted by atomic mass is 10.1. The van der Waals surface area contributed by atoms with Crippen molar-refractivity contribution in [3.63, 3.8) is 0 Å². The molecule has 1 heterocycles. The predicted octanol–water partition coefficient (Wildman–Crippen LogP) is 5.44. The number of hydrogen-bond acceptors (Lipinski definition) is 2. The third-order valence-corrected chi connectivity index (χ3v) is 4.01. The molecule has 1 rings (SSSR count). The van der Waals surface area contributed by atoms with Crippen LogP contribution in [0, 0.1) is 0 Å². The standard InChI is InChI=1S/C11H14Cl2F3NS/c1-7(8-6-9(12)18-10(8)13)17-5-3-2-4-11(14,15)16/h6-7,17H,2-5H2,1H3. The van der Waals surface area contributed by atoms with E-state index in [1.54, 1.807) is 6.07 Å². The van der Waals surface area contributed by atoms with Crippen LogP contribution < -0.4 is 5.32 Å². The maximum absolute atomic E-state index is 11.9. The van der Waals surface area contributed by atoms with Crippen LogP contribution in [0.25, 0.3) is 0 Å². The van der Waals surface area contributed by atoms with E-state index in [0.717, 1.165) is 5.56 Å². The fourth-order valence-corrected chi connectivity index (χ4v) is 3.17. The summed E-state index contributed by atoms with van der Waals surface area (Å²) in [6.45, 7) is 2.44. The van der Waals surface area contributed by atoms with E-state index in [1.807, 2.05) is 6.92 Å². The summed E-state index contributed by atoms with van der Waals surface area (Å²) in [4.78, 5) is 0. The average Bonchev–Trinajstić information content (AvgIpc) is 2.55. The van der Waals surface area contributed by atoms with Gasteiger partial charge in [0.25, 0.3) is 0 Å². The number of halogens is 5. The smallest absolute Gasteiger partial charge is 0.310 e. The van der Waals surface area contributed by atoms with E-state index in [2.05, 4.69) is 5.32 Å². The Balaban J connectivity index is 2.26. The second-order valence-corrected chi connectivity index (χ2v) is 6.31. The van der Waals surface area contributed by atoms with Gasteiger partial charge in [-0.05, 0) is 37.9 Å². The van der Waals surface area contributed by atoms with Gasteiger partial charge in [0.15, 0.2) is 0 Å². The largest absolute Gasteiger partial charge is 0.389 e. The Morgan fingerprint density at radius 3 is 2.50 bits per heavy atom. The zero-order valence-corrected chi connectivity index (χ0v) is 12.1. The van der Waals surface area contributed by atoms with Crippen molar-refractivity contribution in [1.29, 1.82) is 0 Å². The van der Waals surface area contributed by atoms with Gasteiger partial charge in [-0.3, -0.25) is 0 Å². The molecule has 0 saturated carbocycles. The minimum Gasteiger partial charge on any atom is -0.310 e. The van der Waals surface area contributed by atoms with Gasteiger partial charge in [-0.25, -0.2) is 0 Å². The van der Waals surface area contributed by atoms with Crippen LogP contribution in [0.1, 0.15) is 37.8 Å². The number of rotatable bonds is 6. The van der Waals surface area contributed by atoms with E-state index >= 15 is 0 Å². The quantitative estimate of drug-likeness (QED) is 0.688. The molecule has 7 heteroatoms. The van der Waals surface area contributed by atoms with Gasteiger partial charge in [0, 0.05) is 12.5 Å². The van der Waals surface area contributed by atoms with Crippen LogP contribution in [-0.2, 0) is 0 Å². The topological polar surface area (TPSA) is 12.0 Å². The van der Waals surface area contributed by atoms with Gasteiger partial charge < -0.3 is 5.32 Å². The lowest BCUT2D eigenvalue weighted by molar-refractivity contribution is -0.135. The highest BCUT2D eigenvalue weighted by Crippen LogP contribution is 2.34. The molecule has 1 aromatic heterocycles. The van der Waals surface area contributed by atoms with Crippen LogP contribution in [0.15, 0.2) is 6.07 Å². The number of nitrogens with one attached hydrogen (secondary N) is 1. The van der Waals surface area contributed by atoms with Gasteiger partial charge in [0.05, 0.1) is 8.67 Å². The molecule has 0 spiro atoms. The van der Waals surface area contributed by atoms with E-state index in [1.165, 1.54) is 11.3 Å². The van der Waals surface area contributed by atoms with Crippen LogP contribution in [0.3, 0.4) is 0 Å². The van der Waals surface area contributed by atoms with Crippen molar-refractivity contribution in [3.05, 3.63) is 20.3 Å². The third-order valence-electron chi connectivity index (χ3n) is 2.49. The SMILES string of the molecule is CC(NCCCCC(F)(F)F)c1cc(Cl)sc1Cl. The number of alkyl halides is 3. The average molecular weight is 320 g/mol. The maximum Gasteiger partial charge on any atom is 0.389 e. The highest BCUT2D eigenvalue weighted by atomic mass is 35.5. The van der Waals surface area contributed by atoms with Gasteiger partial charge in [-0.2, -0.15) is 13.2 Å². The summed E-state index contributed by atoms with van der Waals surface area (Å²) in [6.07, 6.45) is -4.16. The number of unbranched alkanes of at least 4 members (excludes halogenated alkanes) is 1. The van der Waals surface area contributed by atoms with Crippen molar-refractivity contribution in [2.75, 3.05) is 6.54 Å². The molecule has 1 atom stereocenters. The molecule has 1 aromatic rings. The van der Waals surface area contributed by atoms with Crippen LogP contribution in [0.4, 0.5) is 13.2 Å². The molecule has 0 aliphatic rings. The van der Waals surface area contributed by atoms with E-state index in [-0.39, 0.29) is 12.5 Å². The summed E-state index contributed by atoms with van der Waals surface area (Å²) >= 11 is 13.1. The van der Waals surface area contributed by atoms with Crippen molar-refractivity contribution >= 4 is 34.5 Å². The Hall–Kier alpha value is 0.0300. The lowest BCUT2D eigenvalue weighted by Crippen LogP contribution is -2.20. The minimum absolute atomic E-state index is 0.00728. The van der Waals surface area contributed by atoms with E-state index in [9.17, 15) is 13.2 Å². The number of thiophene rings is 1. The zero-order chi connectivity index (χ0) is 13.8. The first-order valence-corrected chi connectivity index (χ1v) is 7.11. The number of hydrogen-bond donors (Lipinski definition) is 1. The second-order valence-electron chi connectivity index (χ2n) is 4.03. The molecule has 0 amide bonds. The maximum atomic E-state index is 11.9. The van der Waals surface area contributed by atoms with Gasteiger partial charge in [0.1, 0.15) is 0 Å². The van der Waals surface area contributed by atoms with Crippen molar-refractivity contribution in [2.45, 2.75) is 38.4 Å². The summed E-state index contributed by atoms with van der Waals surface area (Å²) in [7, 11) is 0. The molecule has 18 heavy (non-hydrogen) atoms. The Bertz CT molecular complexity index is 379. The molecular formula is C11H14Cl2F3NS. The van der Waals surface area contributed by atoms with Gasteiger partial charge in [-0.15, -0.1) is 11.3 Å². The predicted molar refractivity (Wildman–Crippen MR) is 70.7 cm³/mol. The van der Waals surface area contributed by atoms with Crippen molar-refractivity contribution in [1.82, 2.24) is 5.32 Å². The summed E-state index contributed by atoms with van der Waals surface area (Å²) in [6, 6.07) is 1.77. The van der Waals surface area contributed by atoms with Crippen molar-refractivity contribution in [3.8, 4) is 0 Å². The molecule has 0 saturated heterocycles. The Kier molecular flexibility index (Phi) is 6.24. The summed E-state index contributed by atoms with van der Waals surface area (Å²) in [5.41, 5.74) is 0.891. The van der Waals surface area contributed by atoms with Crippen molar-refractivity contribution in [2.24, 2.45) is 0 Å². The summed E-state index contributed by atoms with van der Waals surface area (Å²) in [5, 5.41) is 3.14. The summed E-state index contributed by atoms with van der Waals surface area (Å²) < 4.78 is 37.0. The normalized spacial score (nSPS) is 13.9. The van der Waals surface area contributed by atoms with Gasteiger partial charge in [-0.1, -0.05) is 23.2 Å². The van der Waals surface area contributed by atoms with Crippen LogP contribution in [0.5, 0.6) is 0 Å². The van der Waals surface area contributed by atoms with E-state index in [4.69, 9.17) is 23.2 Å². The molecule has 1 N–H and O–H groups in total. The van der Waals surface area contributed by atoms with E-state index < -0.39 is 12.6 Å². The zero-order valence-electron chi connectivity index (χ0n) is 9.78. The van der Waals surface area contributed by atoms with Crippen LogP contribution >= 0.6 is 34.5 Å². The minimum atomic E-state index is -4.06. The fraction of sp³-hybridized carbons (Fsp3) is 0.636. The van der Waals surface area contributed by atoms with Gasteiger partial charge >= 0.3 is 6.18 Å². The third kappa shape index (κ3) is 5.78.